The van der Waals surface area contributed by atoms with Gasteiger partial charge in [0.15, 0.2) is 5.82 Å². The average Bonchev–Trinajstić information content (AvgIpc) is 3.15. The number of benzene rings is 1. The number of halogens is 3. The molecule has 0 bridgehead atoms. The maximum atomic E-state index is 13.1. The molecule has 0 radical (unpaired) electrons. The number of H-pyrrole nitrogens is 1. The Morgan fingerprint density at radius 1 is 1.30 bits per heavy atom. The number of carbonyl (C=O) groups is 1. The van der Waals surface area contributed by atoms with Crippen LogP contribution in [0.5, 0.6) is 0 Å². The summed E-state index contributed by atoms with van der Waals surface area (Å²) in [4.78, 5) is 23.6. The number of hydrogen-bond acceptors (Lipinski definition) is 4. The number of carbonyl (C=O) groups excluding carboxylic acids is 1. The molecule has 1 aliphatic rings. The predicted octanol–water partition coefficient (Wildman–Crippen LogP) is 4.10. The Bertz CT molecular complexity index is 1030. The van der Waals surface area contributed by atoms with Gasteiger partial charge in [-0.1, -0.05) is 13.8 Å². The van der Waals surface area contributed by atoms with Crippen molar-refractivity contribution in [3.8, 4) is 0 Å². The number of nitrogens with one attached hydrogen (secondary N) is 2. The molecule has 4 rings (SSSR count). The second-order valence-corrected chi connectivity index (χ2v) is 7.05. The Kier molecular flexibility index (Phi) is 3.97. The Balaban J connectivity index is 1.84. The number of amides is 1. The van der Waals surface area contributed by atoms with Gasteiger partial charge in [-0.05, 0) is 30.5 Å². The molecule has 3 heterocycles. The van der Waals surface area contributed by atoms with Gasteiger partial charge in [-0.2, -0.15) is 13.2 Å². The van der Waals surface area contributed by atoms with Gasteiger partial charge in [0, 0.05) is 17.3 Å². The average molecular weight is 377 g/mol. The molecular weight excluding hydrogens is 359 g/mol. The minimum absolute atomic E-state index is 0.00143. The lowest BCUT2D eigenvalue weighted by atomic mass is 10.0. The quantitative estimate of drug-likeness (QED) is 0.721. The van der Waals surface area contributed by atoms with Crippen molar-refractivity contribution in [3.05, 3.63) is 30.1 Å². The summed E-state index contributed by atoms with van der Waals surface area (Å²) in [6, 6.07) is 3.48. The van der Waals surface area contributed by atoms with E-state index in [4.69, 9.17) is 0 Å². The van der Waals surface area contributed by atoms with Gasteiger partial charge in [-0.3, -0.25) is 15.2 Å². The summed E-state index contributed by atoms with van der Waals surface area (Å²) in [6.45, 7) is 4.05. The van der Waals surface area contributed by atoms with Gasteiger partial charge in [0.05, 0.1) is 17.0 Å². The molecule has 142 valence electrons. The first-order valence-corrected chi connectivity index (χ1v) is 8.68. The zero-order chi connectivity index (χ0) is 19.3. The van der Waals surface area contributed by atoms with Crippen LogP contribution in [0.4, 0.5) is 19.0 Å². The van der Waals surface area contributed by atoms with Gasteiger partial charge in [-0.25, -0.2) is 9.97 Å². The lowest BCUT2D eigenvalue weighted by molar-refractivity contribution is -0.137. The summed E-state index contributed by atoms with van der Waals surface area (Å²) in [7, 11) is 0. The van der Waals surface area contributed by atoms with Crippen LogP contribution in [-0.2, 0) is 11.0 Å². The van der Waals surface area contributed by atoms with E-state index in [9.17, 15) is 18.0 Å². The standard InChI is InChI=1S/C18H18F3N5O/c1-9(2)13-5-6-14(27)26(13)25-17-15-11-7-10(18(19,20)21)3-4-12(11)24-16(15)22-8-23-17/h3-4,7-9,13H,5-6H2,1-2H3,(H2,22,23,24,25). The number of aromatic amines is 1. The summed E-state index contributed by atoms with van der Waals surface area (Å²) in [5.41, 5.74) is 3.22. The SMILES string of the molecule is CC(C)C1CCC(=O)N1Nc1ncnc2[nH]c3ccc(C(F)(F)F)cc3c12. The van der Waals surface area contributed by atoms with Crippen LogP contribution in [0.3, 0.4) is 0 Å². The van der Waals surface area contributed by atoms with Gasteiger partial charge in [0.25, 0.3) is 0 Å². The molecule has 1 aromatic carbocycles. The molecule has 1 aliphatic heterocycles. The third kappa shape index (κ3) is 2.96. The van der Waals surface area contributed by atoms with E-state index in [1.54, 1.807) is 5.01 Å². The summed E-state index contributed by atoms with van der Waals surface area (Å²) < 4.78 is 39.4. The minimum Gasteiger partial charge on any atom is -0.339 e. The molecular formula is C18H18F3N5O. The topological polar surface area (TPSA) is 73.9 Å². The second-order valence-electron chi connectivity index (χ2n) is 7.05. The lowest BCUT2D eigenvalue weighted by Gasteiger charge is -2.28. The van der Waals surface area contributed by atoms with Crippen molar-refractivity contribution in [2.24, 2.45) is 5.92 Å². The molecule has 1 saturated heterocycles. The van der Waals surface area contributed by atoms with Crippen molar-refractivity contribution in [2.45, 2.75) is 38.9 Å². The fraction of sp³-hybridized carbons (Fsp3) is 0.389. The van der Waals surface area contributed by atoms with Gasteiger partial charge in [0.1, 0.15) is 12.0 Å². The first kappa shape index (κ1) is 17.6. The highest BCUT2D eigenvalue weighted by Crippen LogP contribution is 2.36. The molecule has 1 unspecified atom stereocenters. The molecule has 6 nitrogen and oxygen atoms in total. The van der Waals surface area contributed by atoms with Crippen molar-refractivity contribution in [3.63, 3.8) is 0 Å². The fourth-order valence-electron chi connectivity index (χ4n) is 3.58. The molecule has 0 spiro atoms. The van der Waals surface area contributed by atoms with E-state index in [-0.39, 0.29) is 17.9 Å². The van der Waals surface area contributed by atoms with Gasteiger partial charge < -0.3 is 4.98 Å². The lowest BCUT2D eigenvalue weighted by Crippen LogP contribution is -2.41. The van der Waals surface area contributed by atoms with E-state index in [1.807, 2.05) is 13.8 Å². The van der Waals surface area contributed by atoms with E-state index in [1.165, 1.54) is 12.4 Å². The van der Waals surface area contributed by atoms with Crippen molar-refractivity contribution in [2.75, 3.05) is 5.43 Å². The van der Waals surface area contributed by atoms with Crippen LogP contribution in [0, 0.1) is 5.92 Å². The smallest absolute Gasteiger partial charge is 0.339 e. The van der Waals surface area contributed by atoms with Crippen LogP contribution in [-0.4, -0.2) is 31.9 Å². The molecule has 0 aliphatic carbocycles. The first-order valence-electron chi connectivity index (χ1n) is 8.68. The number of anilines is 1. The van der Waals surface area contributed by atoms with Gasteiger partial charge >= 0.3 is 6.18 Å². The van der Waals surface area contributed by atoms with E-state index in [0.29, 0.717) is 34.2 Å². The molecule has 1 atom stereocenters. The number of hydrazine groups is 1. The summed E-state index contributed by atoms with van der Waals surface area (Å²) >= 11 is 0. The predicted molar refractivity (Wildman–Crippen MR) is 94.7 cm³/mol. The second kappa shape index (κ2) is 6.11. The molecule has 1 amide bonds. The molecule has 1 fully saturated rings. The summed E-state index contributed by atoms with van der Waals surface area (Å²) in [5.74, 6) is 0.490. The Hall–Kier alpha value is -2.84. The largest absolute Gasteiger partial charge is 0.416 e. The van der Waals surface area contributed by atoms with Crippen LogP contribution in [0.1, 0.15) is 32.3 Å². The van der Waals surface area contributed by atoms with Gasteiger partial charge in [-0.15, -0.1) is 0 Å². The molecule has 2 aromatic heterocycles. The molecule has 0 saturated carbocycles. The van der Waals surface area contributed by atoms with Crippen LogP contribution < -0.4 is 5.43 Å². The maximum absolute atomic E-state index is 13.1. The Morgan fingerprint density at radius 2 is 2.07 bits per heavy atom. The maximum Gasteiger partial charge on any atom is 0.416 e. The van der Waals surface area contributed by atoms with E-state index in [2.05, 4.69) is 20.4 Å². The minimum atomic E-state index is -4.45. The van der Waals surface area contributed by atoms with Crippen LogP contribution >= 0.6 is 0 Å². The molecule has 2 N–H and O–H groups in total. The molecule has 9 heteroatoms. The number of fused-ring (bicyclic) bond motifs is 3. The number of hydrogen-bond donors (Lipinski definition) is 2. The summed E-state index contributed by atoms with van der Waals surface area (Å²) in [6.07, 6.45) is -1.98. The number of rotatable bonds is 3. The highest BCUT2D eigenvalue weighted by molar-refractivity contribution is 6.11. The number of alkyl halides is 3. The fourth-order valence-corrected chi connectivity index (χ4v) is 3.58. The van der Waals surface area contributed by atoms with Crippen LogP contribution in [0.15, 0.2) is 24.5 Å². The highest BCUT2D eigenvalue weighted by Gasteiger charge is 2.34. The van der Waals surface area contributed by atoms with Crippen molar-refractivity contribution in [1.82, 2.24) is 20.0 Å². The van der Waals surface area contributed by atoms with Gasteiger partial charge in [0.2, 0.25) is 5.91 Å². The third-order valence-electron chi connectivity index (χ3n) is 4.97. The zero-order valence-electron chi connectivity index (χ0n) is 14.8. The van der Waals surface area contributed by atoms with Crippen molar-refractivity contribution in [1.29, 1.82) is 0 Å². The normalized spacial score (nSPS) is 18.2. The Labute approximate surface area is 152 Å². The molecule has 3 aromatic rings. The molecule has 27 heavy (non-hydrogen) atoms. The van der Waals surface area contributed by atoms with E-state index in [0.717, 1.165) is 18.6 Å². The zero-order valence-corrected chi connectivity index (χ0v) is 14.8. The Morgan fingerprint density at radius 3 is 2.78 bits per heavy atom. The number of aromatic nitrogens is 3. The monoisotopic (exact) mass is 377 g/mol. The van der Waals surface area contributed by atoms with E-state index < -0.39 is 11.7 Å². The third-order valence-corrected chi connectivity index (χ3v) is 4.97. The van der Waals surface area contributed by atoms with Crippen LogP contribution in [0.2, 0.25) is 0 Å². The highest BCUT2D eigenvalue weighted by atomic mass is 19.4. The number of nitrogens with zero attached hydrogens (tertiary/aromatic N) is 3. The van der Waals surface area contributed by atoms with Crippen LogP contribution in [0.25, 0.3) is 21.9 Å². The van der Waals surface area contributed by atoms with Crippen molar-refractivity contribution >= 4 is 33.7 Å². The van der Waals surface area contributed by atoms with E-state index >= 15 is 0 Å². The summed E-state index contributed by atoms with van der Waals surface area (Å²) in [5, 5.41) is 2.33. The van der Waals surface area contributed by atoms with Crippen molar-refractivity contribution < 1.29 is 18.0 Å². The first-order chi connectivity index (χ1) is 12.8.